The minimum atomic E-state index is -0.0667. The SMILES string of the molecule is Cc1ccc(-c2csc3nc(CSc4nnc5n4CCCCC5)[nH]c(=O)c23)s1. The highest BCUT2D eigenvalue weighted by atomic mass is 32.2. The van der Waals surface area contributed by atoms with Gasteiger partial charge in [0, 0.05) is 33.7 Å². The molecule has 0 saturated carbocycles. The second-order valence-electron chi connectivity index (χ2n) is 6.90. The van der Waals surface area contributed by atoms with Crippen molar-refractivity contribution in [3.8, 4) is 10.4 Å². The molecule has 5 heterocycles. The van der Waals surface area contributed by atoms with Crippen molar-refractivity contribution in [2.75, 3.05) is 0 Å². The van der Waals surface area contributed by atoms with Crippen LogP contribution in [0.5, 0.6) is 0 Å². The number of fused-ring (bicyclic) bond motifs is 2. The smallest absolute Gasteiger partial charge is 0.260 e. The second kappa shape index (κ2) is 7.46. The number of aryl methyl sites for hydroxylation is 2. The number of aromatic nitrogens is 5. The first-order chi connectivity index (χ1) is 13.7. The molecule has 9 heteroatoms. The van der Waals surface area contributed by atoms with Gasteiger partial charge in [-0.1, -0.05) is 18.2 Å². The predicted molar refractivity (Wildman–Crippen MR) is 115 cm³/mol. The fourth-order valence-corrected chi connectivity index (χ4v) is 6.30. The summed E-state index contributed by atoms with van der Waals surface area (Å²) in [4.78, 5) is 23.6. The van der Waals surface area contributed by atoms with Gasteiger partial charge >= 0.3 is 0 Å². The van der Waals surface area contributed by atoms with Gasteiger partial charge in [0.05, 0.1) is 11.1 Å². The van der Waals surface area contributed by atoms with Gasteiger partial charge in [0.2, 0.25) is 0 Å². The molecule has 0 unspecified atom stereocenters. The Kier molecular flexibility index (Phi) is 4.82. The van der Waals surface area contributed by atoms with Gasteiger partial charge < -0.3 is 9.55 Å². The van der Waals surface area contributed by atoms with Crippen LogP contribution in [0.3, 0.4) is 0 Å². The number of hydrogen-bond donors (Lipinski definition) is 1. The van der Waals surface area contributed by atoms with E-state index in [-0.39, 0.29) is 5.56 Å². The Morgan fingerprint density at radius 1 is 1.25 bits per heavy atom. The summed E-state index contributed by atoms with van der Waals surface area (Å²) in [7, 11) is 0. The lowest BCUT2D eigenvalue weighted by atomic mass is 10.2. The fourth-order valence-electron chi connectivity index (χ4n) is 3.52. The standard InChI is InChI=1S/C19H19N5OS3/c1-11-6-7-13(28-11)12-9-26-18-16(12)17(25)20-14(21-18)10-27-19-23-22-15-5-3-2-4-8-24(15)19/h6-7,9H,2-5,8,10H2,1H3,(H,20,21,25). The van der Waals surface area contributed by atoms with Crippen molar-refractivity contribution >= 4 is 44.7 Å². The van der Waals surface area contributed by atoms with Crippen LogP contribution in [0.1, 0.15) is 35.8 Å². The first-order valence-electron chi connectivity index (χ1n) is 9.31. The van der Waals surface area contributed by atoms with E-state index >= 15 is 0 Å². The van der Waals surface area contributed by atoms with Gasteiger partial charge in [0.15, 0.2) is 5.16 Å². The molecule has 144 valence electrons. The third kappa shape index (κ3) is 3.31. The predicted octanol–water partition coefficient (Wildman–Crippen LogP) is 4.63. The quantitative estimate of drug-likeness (QED) is 0.479. The Morgan fingerprint density at radius 2 is 2.18 bits per heavy atom. The zero-order valence-electron chi connectivity index (χ0n) is 15.4. The number of thiophene rings is 2. The monoisotopic (exact) mass is 429 g/mol. The Bertz CT molecular complexity index is 1200. The molecule has 28 heavy (non-hydrogen) atoms. The lowest BCUT2D eigenvalue weighted by molar-refractivity contribution is 0.591. The summed E-state index contributed by atoms with van der Waals surface area (Å²) in [6.07, 6.45) is 4.58. The molecule has 4 aromatic rings. The number of H-pyrrole nitrogens is 1. The van der Waals surface area contributed by atoms with Crippen molar-refractivity contribution in [3.05, 3.63) is 44.4 Å². The van der Waals surface area contributed by atoms with Gasteiger partial charge in [-0.15, -0.1) is 32.9 Å². The van der Waals surface area contributed by atoms with Crippen molar-refractivity contribution in [3.63, 3.8) is 0 Å². The minimum absolute atomic E-state index is 0.0667. The first kappa shape index (κ1) is 18.1. The summed E-state index contributed by atoms with van der Waals surface area (Å²) >= 11 is 4.82. The molecule has 6 nitrogen and oxygen atoms in total. The molecule has 4 aromatic heterocycles. The highest BCUT2D eigenvalue weighted by Gasteiger charge is 2.17. The summed E-state index contributed by atoms with van der Waals surface area (Å²) in [6.45, 7) is 3.05. The molecule has 0 bridgehead atoms. The summed E-state index contributed by atoms with van der Waals surface area (Å²) in [5, 5.41) is 12.3. The molecule has 0 aromatic carbocycles. The Labute approximate surface area is 174 Å². The molecule has 5 rings (SSSR count). The Morgan fingerprint density at radius 3 is 3.04 bits per heavy atom. The van der Waals surface area contributed by atoms with Crippen LogP contribution >= 0.6 is 34.4 Å². The van der Waals surface area contributed by atoms with Crippen LogP contribution in [0.4, 0.5) is 0 Å². The molecule has 0 fully saturated rings. The van der Waals surface area contributed by atoms with Crippen LogP contribution in [0.2, 0.25) is 0 Å². The van der Waals surface area contributed by atoms with Crippen LogP contribution in [-0.4, -0.2) is 24.7 Å². The lowest BCUT2D eigenvalue weighted by Gasteiger charge is -2.06. The summed E-state index contributed by atoms with van der Waals surface area (Å²) in [6, 6.07) is 4.15. The van der Waals surface area contributed by atoms with E-state index < -0.39 is 0 Å². The molecule has 0 aliphatic carbocycles. The van der Waals surface area contributed by atoms with Crippen molar-refractivity contribution in [1.29, 1.82) is 0 Å². The van der Waals surface area contributed by atoms with Crippen molar-refractivity contribution < 1.29 is 0 Å². The highest BCUT2D eigenvalue weighted by molar-refractivity contribution is 7.98. The van der Waals surface area contributed by atoms with Crippen molar-refractivity contribution in [2.45, 2.75) is 50.1 Å². The third-order valence-electron chi connectivity index (χ3n) is 4.91. The molecular weight excluding hydrogens is 410 g/mol. The van der Waals surface area contributed by atoms with Gasteiger partial charge in [-0.3, -0.25) is 4.79 Å². The minimum Gasteiger partial charge on any atom is -0.309 e. The van der Waals surface area contributed by atoms with E-state index in [2.05, 4.69) is 38.8 Å². The number of nitrogens with one attached hydrogen (secondary N) is 1. The maximum atomic E-state index is 12.8. The fraction of sp³-hybridized carbons (Fsp3) is 0.368. The van der Waals surface area contributed by atoms with E-state index in [1.165, 1.54) is 35.5 Å². The van der Waals surface area contributed by atoms with Gasteiger partial charge in [-0.25, -0.2) is 4.98 Å². The largest absolute Gasteiger partial charge is 0.309 e. The second-order valence-corrected chi connectivity index (χ2v) is 9.99. The summed E-state index contributed by atoms with van der Waals surface area (Å²) in [5.41, 5.74) is 0.914. The van der Waals surface area contributed by atoms with Crippen LogP contribution < -0.4 is 5.56 Å². The van der Waals surface area contributed by atoms with E-state index in [0.29, 0.717) is 17.0 Å². The lowest BCUT2D eigenvalue weighted by Crippen LogP contribution is -2.11. The average molecular weight is 430 g/mol. The average Bonchev–Trinajstić information content (AvgIpc) is 3.35. The van der Waals surface area contributed by atoms with E-state index in [1.54, 1.807) is 23.1 Å². The highest BCUT2D eigenvalue weighted by Crippen LogP contribution is 2.35. The molecule has 0 saturated heterocycles. The van der Waals surface area contributed by atoms with E-state index in [9.17, 15) is 4.79 Å². The third-order valence-corrected chi connectivity index (χ3v) is 7.80. The molecule has 1 aliphatic heterocycles. The molecule has 0 spiro atoms. The van der Waals surface area contributed by atoms with Gasteiger partial charge in [-0.05, 0) is 31.9 Å². The Balaban J connectivity index is 1.42. The first-order valence-corrected chi connectivity index (χ1v) is 12.0. The molecule has 0 radical (unpaired) electrons. The van der Waals surface area contributed by atoms with Crippen LogP contribution in [0.25, 0.3) is 20.7 Å². The number of thioether (sulfide) groups is 1. The van der Waals surface area contributed by atoms with Gasteiger partial charge in [0.25, 0.3) is 5.56 Å². The van der Waals surface area contributed by atoms with Crippen molar-refractivity contribution in [2.24, 2.45) is 0 Å². The van der Waals surface area contributed by atoms with E-state index in [0.717, 1.165) is 39.2 Å². The normalized spacial score (nSPS) is 14.3. The van der Waals surface area contributed by atoms with Gasteiger partial charge in [-0.2, -0.15) is 0 Å². The molecule has 1 aliphatic rings. The van der Waals surface area contributed by atoms with E-state index in [4.69, 9.17) is 4.98 Å². The summed E-state index contributed by atoms with van der Waals surface area (Å²) in [5.74, 6) is 2.34. The van der Waals surface area contributed by atoms with Gasteiger partial charge in [0.1, 0.15) is 16.5 Å². The number of rotatable bonds is 4. The van der Waals surface area contributed by atoms with Crippen molar-refractivity contribution in [1.82, 2.24) is 24.7 Å². The summed E-state index contributed by atoms with van der Waals surface area (Å²) < 4.78 is 2.22. The number of aromatic amines is 1. The van der Waals surface area contributed by atoms with Crippen LogP contribution in [0, 0.1) is 6.92 Å². The van der Waals surface area contributed by atoms with Crippen LogP contribution in [0.15, 0.2) is 27.5 Å². The van der Waals surface area contributed by atoms with E-state index in [1.807, 2.05) is 5.38 Å². The molecule has 0 atom stereocenters. The van der Waals surface area contributed by atoms with Crippen LogP contribution in [-0.2, 0) is 18.7 Å². The molecular formula is C19H19N5OS3. The zero-order chi connectivity index (χ0) is 19.1. The number of nitrogens with zero attached hydrogens (tertiary/aromatic N) is 4. The topological polar surface area (TPSA) is 76.5 Å². The number of hydrogen-bond acceptors (Lipinski definition) is 7. The molecule has 0 amide bonds. The Hall–Kier alpha value is -1.97. The maximum absolute atomic E-state index is 12.8. The maximum Gasteiger partial charge on any atom is 0.260 e. The zero-order valence-corrected chi connectivity index (χ0v) is 17.8. The molecule has 1 N–H and O–H groups in total.